The molecule has 0 atom stereocenters. The Morgan fingerprint density at radius 2 is 1.86 bits per heavy atom. The summed E-state index contributed by atoms with van der Waals surface area (Å²) in [6.45, 7) is 5.57. The molecule has 1 saturated carbocycles. The van der Waals surface area contributed by atoms with Crippen molar-refractivity contribution >= 4 is 23.4 Å². The molecule has 0 bridgehead atoms. The zero-order valence-corrected chi connectivity index (χ0v) is 21.3. The maximum atomic E-state index is 14.7. The van der Waals surface area contributed by atoms with Crippen LogP contribution >= 0.6 is 0 Å². The Bertz CT molecular complexity index is 1090. The van der Waals surface area contributed by atoms with Crippen LogP contribution in [-0.2, 0) is 4.84 Å². The number of halogens is 2. The molecule has 2 heterocycles. The number of aromatic nitrogens is 2. The first-order chi connectivity index (χ1) is 17.2. The molecule has 1 aliphatic carbocycles. The van der Waals surface area contributed by atoms with Gasteiger partial charge in [0.25, 0.3) is 0 Å². The van der Waals surface area contributed by atoms with E-state index in [0.717, 1.165) is 37.7 Å². The summed E-state index contributed by atoms with van der Waals surface area (Å²) in [4.78, 5) is 25.4. The van der Waals surface area contributed by atoms with Gasteiger partial charge in [-0.3, -0.25) is 0 Å². The van der Waals surface area contributed by atoms with Gasteiger partial charge in [0.1, 0.15) is 17.7 Å². The number of benzene rings is 1. The molecule has 0 spiro atoms. The Morgan fingerprint density at radius 3 is 2.47 bits per heavy atom. The van der Waals surface area contributed by atoms with Crippen LogP contribution in [-0.4, -0.2) is 60.1 Å². The molecule has 1 saturated heterocycles. The highest BCUT2D eigenvalue weighted by Crippen LogP contribution is 2.35. The molecular weight excluding hydrogens is 470 g/mol. The fraction of sp³-hybridized carbons (Fsp3) is 0.600. The Balaban J connectivity index is 1.26. The van der Waals surface area contributed by atoms with Gasteiger partial charge in [0.15, 0.2) is 5.82 Å². The Morgan fingerprint density at radius 1 is 1.17 bits per heavy atom. The van der Waals surface area contributed by atoms with Gasteiger partial charge in [0.05, 0.1) is 11.4 Å². The Kier molecular flexibility index (Phi) is 8.05. The third-order valence-corrected chi connectivity index (χ3v) is 6.73. The average Bonchev–Trinajstić information content (AvgIpc) is 3.36. The lowest BCUT2D eigenvalue weighted by atomic mass is 9.83. The van der Waals surface area contributed by atoms with Gasteiger partial charge in [-0.15, -0.1) is 0 Å². The van der Waals surface area contributed by atoms with Crippen molar-refractivity contribution in [3.63, 3.8) is 0 Å². The van der Waals surface area contributed by atoms with Crippen LogP contribution in [0.1, 0.15) is 75.6 Å². The van der Waals surface area contributed by atoms with Crippen LogP contribution in [0.5, 0.6) is 0 Å². The number of amides is 2. The van der Waals surface area contributed by atoms with E-state index >= 15 is 0 Å². The summed E-state index contributed by atoms with van der Waals surface area (Å²) in [6.07, 6.45) is 4.30. The maximum absolute atomic E-state index is 14.7. The molecule has 1 aromatic heterocycles. The summed E-state index contributed by atoms with van der Waals surface area (Å²) in [7, 11) is 3.06. The lowest BCUT2D eigenvalue weighted by Gasteiger charge is -2.29. The van der Waals surface area contributed by atoms with Gasteiger partial charge in [-0.2, -0.15) is 4.98 Å². The van der Waals surface area contributed by atoms with Crippen LogP contribution in [0.3, 0.4) is 0 Å². The third kappa shape index (κ3) is 6.11. The van der Waals surface area contributed by atoms with Crippen molar-refractivity contribution in [2.24, 2.45) is 5.16 Å². The van der Waals surface area contributed by atoms with E-state index in [0.29, 0.717) is 43.1 Å². The molecular formula is C25H34F2N6O3. The van der Waals surface area contributed by atoms with Crippen LogP contribution in [0.4, 0.5) is 25.3 Å². The summed E-state index contributed by atoms with van der Waals surface area (Å²) < 4.78 is 34.6. The van der Waals surface area contributed by atoms with Gasteiger partial charge in [-0.25, -0.2) is 13.6 Å². The molecule has 11 heteroatoms. The number of carbonyl (C=O) groups is 1. The quantitative estimate of drug-likeness (QED) is 0.539. The fourth-order valence-corrected chi connectivity index (χ4v) is 4.44. The average molecular weight is 505 g/mol. The number of piperidine rings is 1. The molecule has 196 valence electrons. The molecule has 2 amide bonds. The molecule has 4 rings (SSSR count). The van der Waals surface area contributed by atoms with Crippen LogP contribution < -0.4 is 10.2 Å². The second kappa shape index (κ2) is 11.2. The highest BCUT2D eigenvalue weighted by atomic mass is 19.1. The SMILES string of the molecule is CC(C)c1noc(N2CCC(ON=C3CCC(c4cc(F)c(NC(=O)N(C)C)cc4F)CC3)CC2)n1. The Labute approximate surface area is 209 Å². The van der Waals surface area contributed by atoms with Gasteiger partial charge >= 0.3 is 12.0 Å². The molecule has 0 radical (unpaired) electrons. The number of hydrogen-bond donors (Lipinski definition) is 1. The maximum Gasteiger partial charge on any atom is 0.324 e. The number of carbonyl (C=O) groups excluding carboxylic acids is 1. The van der Waals surface area contributed by atoms with Crippen molar-refractivity contribution in [3.05, 3.63) is 35.2 Å². The fourth-order valence-electron chi connectivity index (χ4n) is 4.44. The molecule has 9 nitrogen and oxygen atoms in total. The lowest BCUT2D eigenvalue weighted by Crippen LogP contribution is -2.36. The van der Waals surface area contributed by atoms with Gasteiger partial charge in [0.2, 0.25) is 0 Å². The summed E-state index contributed by atoms with van der Waals surface area (Å²) in [5.41, 5.74) is 1.12. The minimum atomic E-state index is -0.642. The van der Waals surface area contributed by atoms with Crippen molar-refractivity contribution in [3.8, 4) is 0 Å². The zero-order chi connectivity index (χ0) is 25.8. The third-order valence-electron chi connectivity index (χ3n) is 6.73. The highest BCUT2D eigenvalue weighted by Gasteiger charge is 2.27. The van der Waals surface area contributed by atoms with Crippen LogP contribution in [0.2, 0.25) is 0 Å². The summed E-state index contributed by atoms with van der Waals surface area (Å²) >= 11 is 0. The molecule has 0 unspecified atom stereocenters. The highest BCUT2D eigenvalue weighted by molar-refractivity contribution is 5.89. The van der Waals surface area contributed by atoms with E-state index in [9.17, 15) is 13.6 Å². The summed E-state index contributed by atoms with van der Waals surface area (Å²) in [5.74, 6) is -0.331. The first-order valence-corrected chi connectivity index (χ1v) is 12.5. The van der Waals surface area contributed by atoms with E-state index < -0.39 is 17.7 Å². The van der Waals surface area contributed by atoms with E-state index in [2.05, 4.69) is 25.5 Å². The number of anilines is 2. The number of hydrogen-bond acceptors (Lipinski definition) is 7. The normalized spacial score (nSPS) is 18.9. The molecule has 1 aromatic carbocycles. The van der Waals surface area contributed by atoms with Crippen molar-refractivity contribution in [2.45, 2.75) is 70.3 Å². The number of oxime groups is 1. The van der Waals surface area contributed by atoms with Crippen molar-refractivity contribution in [1.82, 2.24) is 15.0 Å². The second-order valence-corrected chi connectivity index (χ2v) is 9.99. The molecule has 36 heavy (non-hydrogen) atoms. The molecule has 2 aromatic rings. The largest absolute Gasteiger partial charge is 0.392 e. The van der Waals surface area contributed by atoms with E-state index in [4.69, 9.17) is 9.36 Å². The number of nitrogens with zero attached hydrogens (tertiary/aromatic N) is 5. The first-order valence-electron chi connectivity index (χ1n) is 12.5. The van der Waals surface area contributed by atoms with E-state index in [1.807, 2.05) is 13.8 Å². The van der Waals surface area contributed by atoms with E-state index in [-0.39, 0.29) is 23.6 Å². The smallest absolute Gasteiger partial charge is 0.324 e. The summed E-state index contributed by atoms with van der Waals surface area (Å²) in [6, 6.07) is 2.30. The lowest BCUT2D eigenvalue weighted by molar-refractivity contribution is 0.0401. The minimum absolute atomic E-state index is 0.0235. The van der Waals surface area contributed by atoms with Gasteiger partial charge in [-0.05, 0) is 43.2 Å². The Hall–Kier alpha value is -3.24. The van der Waals surface area contributed by atoms with Crippen LogP contribution in [0.15, 0.2) is 21.8 Å². The number of rotatable bonds is 6. The predicted molar refractivity (Wildman–Crippen MR) is 132 cm³/mol. The number of urea groups is 1. The molecule has 1 aliphatic heterocycles. The minimum Gasteiger partial charge on any atom is -0.392 e. The van der Waals surface area contributed by atoms with Gasteiger partial charge in [-0.1, -0.05) is 24.2 Å². The standard InChI is InChI=1S/C25H34F2N6O3/c1-15(2)23-29-25(36-31-23)33-11-9-18(10-12-33)35-30-17-7-5-16(6-8-17)19-13-21(27)22(14-20(19)26)28-24(34)32(3)4/h13-16,18H,5-12H2,1-4H3,(H,28,34). The molecule has 1 N–H and O–H groups in total. The monoisotopic (exact) mass is 504 g/mol. The second-order valence-electron chi connectivity index (χ2n) is 9.99. The van der Waals surface area contributed by atoms with Crippen molar-refractivity contribution < 1.29 is 22.9 Å². The topological polar surface area (TPSA) is 96.1 Å². The zero-order valence-electron chi connectivity index (χ0n) is 21.3. The van der Waals surface area contributed by atoms with Gasteiger partial charge < -0.3 is 24.5 Å². The predicted octanol–water partition coefficient (Wildman–Crippen LogP) is 5.26. The summed E-state index contributed by atoms with van der Waals surface area (Å²) in [5, 5.41) is 10.8. The molecule has 2 fully saturated rings. The van der Waals surface area contributed by atoms with Crippen LogP contribution in [0, 0.1) is 11.6 Å². The van der Waals surface area contributed by atoms with Gasteiger partial charge in [0, 0.05) is 52.0 Å². The van der Waals surface area contributed by atoms with E-state index in [1.54, 1.807) is 0 Å². The first kappa shape index (κ1) is 25.8. The van der Waals surface area contributed by atoms with E-state index in [1.165, 1.54) is 25.1 Å². The molecule has 2 aliphatic rings. The van der Waals surface area contributed by atoms with Crippen LogP contribution in [0.25, 0.3) is 0 Å². The van der Waals surface area contributed by atoms with Crippen molar-refractivity contribution in [2.75, 3.05) is 37.4 Å². The van der Waals surface area contributed by atoms with Crippen molar-refractivity contribution in [1.29, 1.82) is 0 Å². The number of nitrogens with one attached hydrogen (secondary N) is 1.